The van der Waals surface area contributed by atoms with E-state index >= 15 is 0 Å². The van der Waals surface area contributed by atoms with Crippen LogP contribution in [0.5, 0.6) is 5.75 Å². The zero-order valence-electron chi connectivity index (χ0n) is 11.4. The molecule has 1 aliphatic rings. The molecule has 0 bridgehead atoms. The third kappa shape index (κ3) is 3.96. The third-order valence-electron chi connectivity index (χ3n) is 3.48. The fourth-order valence-electron chi connectivity index (χ4n) is 2.35. The fourth-order valence-corrected chi connectivity index (χ4v) is 2.35. The van der Waals surface area contributed by atoms with Crippen molar-refractivity contribution in [1.29, 1.82) is 0 Å². The number of hydrogen-bond donors (Lipinski definition) is 1. The molecule has 1 aromatic carbocycles. The predicted octanol–water partition coefficient (Wildman–Crippen LogP) is 1.78. The number of carbonyl (C=O) groups excluding carboxylic acids is 1. The van der Waals surface area contributed by atoms with Gasteiger partial charge in [-0.15, -0.1) is 0 Å². The van der Waals surface area contributed by atoms with Crippen molar-refractivity contribution >= 4 is 5.97 Å². The molecular formula is C15H21NO3. The normalized spacial score (nSPS) is 16.1. The van der Waals surface area contributed by atoms with E-state index in [4.69, 9.17) is 9.47 Å². The average molecular weight is 263 g/mol. The Morgan fingerprint density at radius 2 is 2.05 bits per heavy atom. The molecule has 1 heterocycles. The molecule has 0 saturated carbocycles. The number of ether oxygens (including phenoxy) is 2. The number of hydrogen-bond acceptors (Lipinski definition) is 4. The Bertz CT molecular complexity index is 414. The first-order valence-electron chi connectivity index (χ1n) is 6.80. The molecule has 104 valence electrons. The summed E-state index contributed by atoms with van der Waals surface area (Å²) >= 11 is 0. The van der Waals surface area contributed by atoms with E-state index in [0.29, 0.717) is 13.0 Å². The van der Waals surface area contributed by atoms with E-state index in [1.54, 1.807) is 7.11 Å². The summed E-state index contributed by atoms with van der Waals surface area (Å²) < 4.78 is 10.6. The number of esters is 1. The lowest BCUT2D eigenvalue weighted by Crippen LogP contribution is -2.33. The minimum atomic E-state index is -0.0589. The van der Waals surface area contributed by atoms with E-state index in [9.17, 15) is 4.79 Å². The SMILES string of the molecule is COc1ccccc1CCOC(=O)C1CCNCC1. The molecule has 1 saturated heterocycles. The summed E-state index contributed by atoms with van der Waals surface area (Å²) in [5.74, 6) is 0.857. The Morgan fingerprint density at radius 1 is 1.32 bits per heavy atom. The number of rotatable bonds is 5. The molecule has 1 aromatic rings. The van der Waals surface area contributed by atoms with Crippen LogP contribution in [0.25, 0.3) is 0 Å². The number of methoxy groups -OCH3 is 1. The van der Waals surface area contributed by atoms with Gasteiger partial charge in [-0.2, -0.15) is 0 Å². The average Bonchev–Trinajstić information content (AvgIpc) is 2.48. The van der Waals surface area contributed by atoms with Crippen molar-refractivity contribution in [3.05, 3.63) is 29.8 Å². The Balaban J connectivity index is 1.78. The maximum atomic E-state index is 11.9. The third-order valence-corrected chi connectivity index (χ3v) is 3.48. The van der Waals surface area contributed by atoms with Crippen molar-refractivity contribution in [2.24, 2.45) is 5.92 Å². The van der Waals surface area contributed by atoms with Gasteiger partial charge < -0.3 is 14.8 Å². The van der Waals surface area contributed by atoms with Gasteiger partial charge in [0.1, 0.15) is 5.75 Å². The summed E-state index contributed by atoms with van der Waals surface area (Å²) in [5.41, 5.74) is 1.07. The van der Waals surface area contributed by atoms with Crippen molar-refractivity contribution in [3.63, 3.8) is 0 Å². The second kappa shape index (κ2) is 7.14. The highest BCUT2D eigenvalue weighted by Gasteiger charge is 2.22. The Kier molecular flexibility index (Phi) is 5.21. The van der Waals surface area contributed by atoms with Gasteiger partial charge >= 0.3 is 5.97 Å². The molecule has 0 amide bonds. The Labute approximate surface area is 114 Å². The van der Waals surface area contributed by atoms with Crippen LogP contribution in [0.15, 0.2) is 24.3 Å². The smallest absolute Gasteiger partial charge is 0.309 e. The predicted molar refractivity (Wildman–Crippen MR) is 73.3 cm³/mol. The monoisotopic (exact) mass is 263 g/mol. The van der Waals surface area contributed by atoms with Crippen LogP contribution < -0.4 is 10.1 Å². The van der Waals surface area contributed by atoms with Crippen LogP contribution in [0.2, 0.25) is 0 Å². The second-order valence-electron chi connectivity index (χ2n) is 4.75. The maximum Gasteiger partial charge on any atom is 0.309 e. The van der Waals surface area contributed by atoms with Gasteiger partial charge in [-0.1, -0.05) is 18.2 Å². The largest absolute Gasteiger partial charge is 0.496 e. The maximum absolute atomic E-state index is 11.9. The van der Waals surface area contributed by atoms with Crippen LogP contribution in [0, 0.1) is 5.92 Å². The van der Waals surface area contributed by atoms with Crippen LogP contribution >= 0.6 is 0 Å². The highest BCUT2D eigenvalue weighted by atomic mass is 16.5. The van der Waals surface area contributed by atoms with E-state index in [1.807, 2.05) is 24.3 Å². The molecule has 0 unspecified atom stereocenters. The molecule has 4 heteroatoms. The first-order chi connectivity index (χ1) is 9.31. The number of carbonyl (C=O) groups is 1. The van der Waals surface area contributed by atoms with Crippen LogP contribution in [0.3, 0.4) is 0 Å². The number of para-hydroxylation sites is 1. The molecular weight excluding hydrogens is 242 g/mol. The number of nitrogens with one attached hydrogen (secondary N) is 1. The van der Waals surface area contributed by atoms with Crippen LogP contribution in [0.1, 0.15) is 18.4 Å². The van der Waals surface area contributed by atoms with Gasteiger partial charge in [-0.05, 0) is 37.6 Å². The first-order valence-corrected chi connectivity index (χ1v) is 6.80. The first kappa shape index (κ1) is 13.9. The van der Waals surface area contributed by atoms with E-state index < -0.39 is 0 Å². The summed E-state index contributed by atoms with van der Waals surface area (Å²) in [7, 11) is 1.65. The van der Waals surface area contributed by atoms with E-state index in [0.717, 1.165) is 37.2 Å². The lowest BCUT2D eigenvalue weighted by atomic mass is 9.98. The minimum absolute atomic E-state index is 0.0589. The minimum Gasteiger partial charge on any atom is -0.496 e. The van der Waals surface area contributed by atoms with E-state index in [2.05, 4.69) is 5.32 Å². The molecule has 1 aliphatic heterocycles. The van der Waals surface area contributed by atoms with Crippen LogP contribution in [0.4, 0.5) is 0 Å². The molecule has 0 radical (unpaired) electrons. The van der Waals surface area contributed by atoms with Gasteiger partial charge in [0, 0.05) is 6.42 Å². The Morgan fingerprint density at radius 3 is 2.79 bits per heavy atom. The topological polar surface area (TPSA) is 47.6 Å². The highest BCUT2D eigenvalue weighted by molar-refractivity contribution is 5.72. The van der Waals surface area contributed by atoms with Gasteiger partial charge in [0.2, 0.25) is 0 Å². The molecule has 2 rings (SSSR count). The van der Waals surface area contributed by atoms with Crippen molar-refractivity contribution in [3.8, 4) is 5.75 Å². The van der Waals surface area contributed by atoms with Crippen molar-refractivity contribution in [1.82, 2.24) is 5.32 Å². The zero-order valence-corrected chi connectivity index (χ0v) is 11.4. The molecule has 0 spiro atoms. The second-order valence-corrected chi connectivity index (χ2v) is 4.75. The fraction of sp³-hybridized carbons (Fsp3) is 0.533. The lowest BCUT2D eigenvalue weighted by molar-refractivity contribution is -0.149. The number of piperidine rings is 1. The van der Waals surface area contributed by atoms with Gasteiger partial charge in [-0.25, -0.2) is 0 Å². The standard InChI is InChI=1S/C15H21NO3/c1-18-14-5-3-2-4-12(14)8-11-19-15(17)13-6-9-16-10-7-13/h2-5,13,16H,6-11H2,1H3. The van der Waals surface area contributed by atoms with Crippen molar-refractivity contribution in [2.45, 2.75) is 19.3 Å². The summed E-state index contributed by atoms with van der Waals surface area (Å²) in [6.07, 6.45) is 2.46. The molecule has 4 nitrogen and oxygen atoms in total. The van der Waals surface area contributed by atoms with E-state index in [-0.39, 0.29) is 11.9 Å². The lowest BCUT2D eigenvalue weighted by Gasteiger charge is -2.21. The quantitative estimate of drug-likeness (QED) is 0.823. The van der Waals surface area contributed by atoms with E-state index in [1.165, 1.54) is 0 Å². The summed E-state index contributed by atoms with van der Waals surface area (Å²) in [5, 5.41) is 3.24. The summed E-state index contributed by atoms with van der Waals surface area (Å²) in [6.45, 7) is 2.24. The van der Waals surface area contributed by atoms with Gasteiger partial charge in [0.15, 0.2) is 0 Å². The number of benzene rings is 1. The molecule has 1 fully saturated rings. The van der Waals surface area contributed by atoms with Crippen molar-refractivity contribution in [2.75, 3.05) is 26.8 Å². The highest BCUT2D eigenvalue weighted by Crippen LogP contribution is 2.18. The molecule has 0 atom stereocenters. The van der Waals surface area contributed by atoms with Gasteiger partial charge in [0.25, 0.3) is 0 Å². The molecule has 19 heavy (non-hydrogen) atoms. The summed E-state index contributed by atoms with van der Waals surface area (Å²) in [4.78, 5) is 11.9. The van der Waals surface area contributed by atoms with Crippen molar-refractivity contribution < 1.29 is 14.3 Å². The van der Waals surface area contributed by atoms with Gasteiger partial charge in [-0.3, -0.25) is 4.79 Å². The van der Waals surface area contributed by atoms with Crippen LogP contribution in [-0.2, 0) is 16.0 Å². The molecule has 0 aliphatic carbocycles. The summed E-state index contributed by atoms with van der Waals surface area (Å²) in [6, 6.07) is 7.82. The van der Waals surface area contributed by atoms with Crippen LogP contribution in [-0.4, -0.2) is 32.8 Å². The zero-order chi connectivity index (χ0) is 13.5. The van der Waals surface area contributed by atoms with Gasteiger partial charge in [0.05, 0.1) is 19.6 Å². The molecule has 0 aromatic heterocycles. The Hall–Kier alpha value is -1.55. The molecule has 1 N–H and O–H groups in total.